The number of benzene rings is 1. The van der Waals surface area contributed by atoms with Crippen molar-refractivity contribution in [1.82, 2.24) is 20.0 Å². The number of nitrogens with zero attached hydrogens (tertiary/aromatic N) is 4. The Hall–Kier alpha value is -3.21. The zero-order chi connectivity index (χ0) is 28.6. The van der Waals surface area contributed by atoms with E-state index in [0.29, 0.717) is 50.1 Å². The van der Waals surface area contributed by atoms with Crippen LogP contribution < -0.4 is 22.5 Å². The number of piperazine rings is 1. The van der Waals surface area contributed by atoms with E-state index in [9.17, 15) is 9.59 Å². The molecule has 2 amide bonds. The molecule has 10 nitrogen and oxygen atoms in total. The summed E-state index contributed by atoms with van der Waals surface area (Å²) in [5.74, 6) is 0.694. The number of rotatable bonds is 8. The quantitative estimate of drug-likeness (QED) is 0.222. The van der Waals surface area contributed by atoms with E-state index in [2.05, 4.69) is 46.5 Å². The molecule has 3 aliphatic rings. The number of carbonyl (C=O) groups is 2. The van der Waals surface area contributed by atoms with Crippen molar-refractivity contribution < 1.29 is 9.59 Å². The van der Waals surface area contributed by atoms with Gasteiger partial charge >= 0.3 is 0 Å². The highest BCUT2D eigenvalue weighted by Gasteiger charge is 2.53. The first kappa shape index (κ1) is 30.3. The molecule has 4 rings (SSSR count). The Kier molecular flexibility index (Phi) is 10.3. The Balaban J connectivity index is 0.00000134. The lowest BCUT2D eigenvalue weighted by Crippen LogP contribution is -2.70. The second-order valence-corrected chi connectivity index (χ2v) is 11.5. The van der Waals surface area contributed by atoms with Crippen LogP contribution >= 0.6 is 0 Å². The molecular weight excluding hydrogens is 492 g/mol. The summed E-state index contributed by atoms with van der Waals surface area (Å²) in [5, 5.41) is 2.56. The molecule has 1 aromatic carbocycles. The normalized spacial score (nSPS) is 21.9. The molecule has 10 heteroatoms. The molecule has 1 saturated carbocycles. The van der Waals surface area contributed by atoms with Gasteiger partial charge in [0.05, 0.1) is 11.2 Å². The second kappa shape index (κ2) is 13.2. The van der Waals surface area contributed by atoms with E-state index in [1.54, 1.807) is 31.0 Å². The molecule has 214 valence electrons. The van der Waals surface area contributed by atoms with Gasteiger partial charge < -0.3 is 32.3 Å². The highest BCUT2D eigenvalue weighted by molar-refractivity contribution is 5.95. The molecular formula is C29H46N8O2. The first-order valence-electron chi connectivity index (χ1n) is 13.7. The van der Waals surface area contributed by atoms with E-state index in [0.717, 1.165) is 31.0 Å². The van der Waals surface area contributed by atoms with Crippen molar-refractivity contribution in [2.24, 2.45) is 27.6 Å². The third-order valence-corrected chi connectivity index (χ3v) is 7.95. The SMILES string of the molecule is C=CN.CC(Cc1ccc(N=C(/C=C\NC=O)N2CCN(C(=O)C(C)(C)N)CC2)cc1)N1CC2(CCC2N)C1. The lowest BCUT2D eigenvalue weighted by molar-refractivity contribution is -0.137. The standard InChI is InChI=1S/C27H41N7O2.C2H5N/c1-20(34-17-27(18-34)10-8-23(27)28)16-21-4-6-22(7-5-21)31-24(9-11-30-19-35)32-12-14-33(15-13-32)25(36)26(2,3)29;1-2-3/h4-7,9,11,19-20,23H,8,10,12-18,28-29H2,1-3H3,(H,30,35);2H,1,3H2/b11-9-,31-24?;. The zero-order valence-electron chi connectivity index (χ0n) is 23.7. The maximum absolute atomic E-state index is 12.5. The van der Waals surface area contributed by atoms with Crippen molar-refractivity contribution in [2.75, 3.05) is 39.3 Å². The number of likely N-dealkylation sites (tertiary alicyclic amines) is 1. The van der Waals surface area contributed by atoms with Crippen LogP contribution in [0.5, 0.6) is 0 Å². The molecule has 0 radical (unpaired) electrons. The van der Waals surface area contributed by atoms with E-state index in [1.807, 2.05) is 12.1 Å². The zero-order valence-corrected chi connectivity index (χ0v) is 23.7. The molecule has 7 N–H and O–H groups in total. The minimum Gasteiger partial charge on any atom is -0.405 e. The topological polar surface area (TPSA) is 146 Å². The molecule has 1 aliphatic carbocycles. The number of aliphatic imine (C=N–C) groups is 1. The molecule has 3 fully saturated rings. The van der Waals surface area contributed by atoms with Gasteiger partial charge in [0.1, 0.15) is 5.84 Å². The molecule has 2 heterocycles. The van der Waals surface area contributed by atoms with Gasteiger partial charge in [0.15, 0.2) is 0 Å². The Morgan fingerprint density at radius 3 is 2.28 bits per heavy atom. The average Bonchev–Trinajstić information content (AvgIpc) is 2.87. The summed E-state index contributed by atoms with van der Waals surface area (Å²) in [7, 11) is 0. The summed E-state index contributed by atoms with van der Waals surface area (Å²) in [5.41, 5.74) is 18.5. The molecule has 39 heavy (non-hydrogen) atoms. The van der Waals surface area contributed by atoms with Crippen molar-refractivity contribution in [1.29, 1.82) is 0 Å². The molecule has 1 aromatic rings. The number of hydrogen-bond donors (Lipinski definition) is 4. The fraction of sp³-hybridized carbons (Fsp3) is 0.552. The third-order valence-electron chi connectivity index (χ3n) is 7.95. The Bertz CT molecular complexity index is 1030. The highest BCUT2D eigenvalue weighted by atomic mass is 16.2. The van der Waals surface area contributed by atoms with Crippen molar-refractivity contribution in [3.63, 3.8) is 0 Å². The van der Waals surface area contributed by atoms with Crippen LogP contribution in [0.25, 0.3) is 0 Å². The summed E-state index contributed by atoms with van der Waals surface area (Å²) >= 11 is 0. The second-order valence-electron chi connectivity index (χ2n) is 11.5. The molecule has 1 spiro atoms. The van der Waals surface area contributed by atoms with Crippen LogP contribution in [0.1, 0.15) is 39.2 Å². The summed E-state index contributed by atoms with van der Waals surface area (Å²) in [6.45, 7) is 13.6. The van der Waals surface area contributed by atoms with Gasteiger partial charge in [0, 0.05) is 63.0 Å². The van der Waals surface area contributed by atoms with E-state index in [1.165, 1.54) is 24.6 Å². The van der Waals surface area contributed by atoms with E-state index >= 15 is 0 Å². The first-order valence-corrected chi connectivity index (χ1v) is 13.7. The number of hydrogen-bond acceptors (Lipinski definition) is 7. The van der Waals surface area contributed by atoms with Crippen LogP contribution in [-0.4, -0.2) is 89.7 Å². The lowest BCUT2D eigenvalue weighted by atomic mass is 9.59. The molecule has 2 atom stereocenters. The Morgan fingerprint density at radius 2 is 1.79 bits per heavy atom. The molecule has 2 unspecified atom stereocenters. The first-order chi connectivity index (χ1) is 18.5. The summed E-state index contributed by atoms with van der Waals surface area (Å²) < 4.78 is 0. The van der Waals surface area contributed by atoms with Gasteiger partial charge in [-0.1, -0.05) is 18.7 Å². The van der Waals surface area contributed by atoms with Crippen LogP contribution in [0.4, 0.5) is 5.69 Å². The van der Waals surface area contributed by atoms with Gasteiger partial charge in [-0.3, -0.25) is 14.5 Å². The van der Waals surface area contributed by atoms with E-state index in [-0.39, 0.29) is 5.91 Å². The van der Waals surface area contributed by atoms with Crippen LogP contribution in [0.15, 0.2) is 54.3 Å². The number of nitrogens with two attached hydrogens (primary N) is 3. The number of amides is 2. The smallest absolute Gasteiger partial charge is 0.242 e. The summed E-state index contributed by atoms with van der Waals surface area (Å²) in [4.78, 5) is 34.6. The fourth-order valence-corrected chi connectivity index (χ4v) is 5.42. The maximum atomic E-state index is 12.5. The minimum absolute atomic E-state index is 0.0486. The highest BCUT2D eigenvalue weighted by Crippen LogP contribution is 2.48. The van der Waals surface area contributed by atoms with Crippen molar-refractivity contribution in [3.05, 3.63) is 54.9 Å². The summed E-state index contributed by atoms with van der Waals surface area (Å²) in [6, 6.07) is 9.25. The van der Waals surface area contributed by atoms with Crippen LogP contribution in [0.2, 0.25) is 0 Å². The molecule has 0 bridgehead atoms. The van der Waals surface area contributed by atoms with Gasteiger partial charge in [-0.25, -0.2) is 4.99 Å². The monoisotopic (exact) mass is 538 g/mol. The van der Waals surface area contributed by atoms with E-state index in [4.69, 9.17) is 16.5 Å². The van der Waals surface area contributed by atoms with E-state index < -0.39 is 5.54 Å². The number of carbonyl (C=O) groups excluding carboxylic acids is 2. The third kappa shape index (κ3) is 7.68. The predicted molar refractivity (Wildman–Crippen MR) is 157 cm³/mol. The van der Waals surface area contributed by atoms with Crippen LogP contribution in [0, 0.1) is 5.41 Å². The van der Waals surface area contributed by atoms with Crippen LogP contribution in [-0.2, 0) is 16.0 Å². The minimum atomic E-state index is -0.882. The van der Waals surface area contributed by atoms with Gasteiger partial charge in [0.25, 0.3) is 0 Å². The maximum Gasteiger partial charge on any atom is 0.242 e. The van der Waals surface area contributed by atoms with Gasteiger partial charge in [-0.15, -0.1) is 0 Å². The number of amidine groups is 1. The largest absolute Gasteiger partial charge is 0.405 e. The number of nitrogens with one attached hydrogen (secondary N) is 1. The Morgan fingerprint density at radius 1 is 1.21 bits per heavy atom. The lowest BCUT2D eigenvalue weighted by Gasteiger charge is -2.61. The van der Waals surface area contributed by atoms with Crippen molar-refractivity contribution >= 4 is 23.8 Å². The Labute approximate surface area is 233 Å². The van der Waals surface area contributed by atoms with Crippen LogP contribution in [0.3, 0.4) is 0 Å². The van der Waals surface area contributed by atoms with Gasteiger partial charge in [-0.05, 0) is 70.0 Å². The fourth-order valence-electron chi connectivity index (χ4n) is 5.42. The molecule has 2 saturated heterocycles. The molecule has 0 aromatic heterocycles. The van der Waals surface area contributed by atoms with Gasteiger partial charge in [0.2, 0.25) is 12.3 Å². The predicted octanol–water partition coefficient (Wildman–Crippen LogP) is 1.30. The van der Waals surface area contributed by atoms with Crippen molar-refractivity contribution in [3.8, 4) is 0 Å². The summed E-state index contributed by atoms with van der Waals surface area (Å²) in [6.07, 6.45) is 8.70. The molecule has 2 aliphatic heterocycles. The average molecular weight is 539 g/mol. The van der Waals surface area contributed by atoms with Gasteiger partial charge in [-0.2, -0.15) is 0 Å². The van der Waals surface area contributed by atoms with Crippen molar-refractivity contribution in [2.45, 2.75) is 57.7 Å².